The minimum Gasteiger partial charge on any atom is -0.497 e. The number of nitrogens with zero attached hydrogens (tertiary/aromatic N) is 2. The Balaban J connectivity index is 0.00000420. The highest BCUT2D eigenvalue weighted by Crippen LogP contribution is 2.27. The van der Waals surface area contributed by atoms with Gasteiger partial charge in [-0.1, -0.05) is 52.4 Å². The van der Waals surface area contributed by atoms with Gasteiger partial charge < -0.3 is 14.7 Å². The molecule has 29 heavy (non-hydrogen) atoms. The maximum Gasteiger partial charge on any atom is 0.119 e. The Morgan fingerprint density at radius 3 is 2.21 bits per heavy atom. The molecule has 0 aliphatic heterocycles. The van der Waals surface area contributed by atoms with E-state index in [1.54, 1.807) is 13.3 Å². The van der Waals surface area contributed by atoms with Gasteiger partial charge >= 0.3 is 0 Å². The molecule has 0 aliphatic carbocycles. The number of aliphatic hydroxyl groups is 1. The van der Waals surface area contributed by atoms with Crippen molar-refractivity contribution in [1.82, 2.24) is 9.88 Å². The number of pyridine rings is 1. The second kappa shape index (κ2) is 14.6. The van der Waals surface area contributed by atoms with Gasteiger partial charge in [-0.05, 0) is 55.8 Å². The summed E-state index contributed by atoms with van der Waals surface area (Å²) in [4.78, 5) is 6.89. The fourth-order valence-corrected chi connectivity index (χ4v) is 3.73. The molecule has 0 saturated heterocycles. The largest absolute Gasteiger partial charge is 0.497 e. The molecule has 5 heteroatoms. The van der Waals surface area contributed by atoms with Gasteiger partial charge in [0.15, 0.2) is 0 Å². The average molecular weight is 423 g/mol. The van der Waals surface area contributed by atoms with Crippen LogP contribution in [0.2, 0.25) is 0 Å². The highest BCUT2D eigenvalue weighted by atomic mass is 35.5. The lowest BCUT2D eigenvalue weighted by atomic mass is 10.0. The molecule has 1 atom stereocenters. The van der Waals surface area contributed by atoms with Crippen LogP contribution in [0.1, 0.15) is 76.9 Å². The summed E-state index contributed by atoms with van der Waals surface area (Å²) in [5.74, 6) is 0.796. The van der Waals surface area contributed by atoms with Crippen LogP contribution < -0.4 is 4.74 Å². The number of unbranched alkanes of at least 4 members (excludes halogenated alkanes) is 6. The fourth-order valence-electron chi connectivity index (χ4n) is 3.73. The second-order valence-electron chi connectivity index (χ2n) is 7.72. The molecule has 0 aliphatic rings. The smallest absolute Gasteiger partial charge is 0.119 e. The number of rotatable bonds is 14. The van der Waals surface area contributed by atoms with Crippen LogP contribution in [-0.2, 0) is 0 Å². The molecule has 0 saturated carbocycles. The van der Waals surface area contributed by atoms with Crippen molar-refractivity contribution in [3.63, 3.8) is 0 Å². The van der Waals surface area contributed by atoms with Crippen molar-refractivity contribution in [2.75, 3.05) is 26.7 Å². The van der Waals surface area contributed by atoms with Crippen LogP contribution in [0.25, 0.3) is 10.9 Å². The SMILES string of the molecule is CCCCCCN(CCCCCC)CC(O)c1ccnc2ccc(OC)cc12.Cl. The third kappa shape index (κ3) is 8.49. The van der Waals surface area contributed by atoms with Crippen LogP contribution in [0.3, 0.4) is 0 Å². The minimum atomic E-state index is -0.519. The van der Waals surface area contributed by atoms with Crippen molar-refractivity contribution < 1.29 is 9.84 Å². The van der Waals surface area contributed by atoms with Crippen LogP contribution in [0, 0.1) is 0 Å². The van der Waals surface area contributed by atoms with E-state index < -0.39 is 6.10 Å². The van der Waals surface area contributed by atoms with Crippen molar-refractivity contribution >= 4 is 23.3 Å². The molecule has 0 radical (unpaired) electrons. The van der Waals surface area contributed by atoms with Gasteiger partial charge in [-0.2, -0.15) is 0 Å². The van der Waals surface area contributed by atoms with Crippen LogP contribution in [-0.4, -0.2) is 41.7 Å². The summed E-state index contributed by atoms with van der Waals surface area (Å²) in [5.41, 5.74) is 1.84. The highest BCUT2D eigenvalue weighted by molar-refractivity contribution is 5.85. The molecular formula is C24H39ClN2O2. The van der Waals surface area contributed by atoms with E-state index in [1.165, 1.54) is 51.4 Å². The van der Waals surface area contributed by atoms with Crippen LogP contribution >= 0.6 is 12.4 Å². The Morgan fingerprint density at radius 1 is 0.966 bits per heavy atom. The van der Waals surface area contributed by atoms with Crippen LogP contribution in [0.4, 0.5) is 0 Å². The highest BCUT2D eigenvalue weighted by Gasteiger charge is 2.16. The molecule has 0 spiro atoms. The molecule has 1 N–H and O–H groups in total. The first-order chi connectivity index (χ1) is 13.7. The van der Waals surface area contributed by atoms with E-state index in [0.29, 0.717) is 6.54 Å². The monoisotopic (exact) mass is 422 g/mol. The van der Waals surface area contributed by atoms with Gasteiger partial charge in [0.05, 0.1) is 18.7 Å². The van der Waals surface area contributed by atoms with Gasteiger partial charge in [-0.15, -0.1) is 12.4 Å². The number of aromatic nitrogens is 1. The number of benzene rings is 1. The number of hydrogen-bond donors (Lipinski definition) is 1. The van der Waals surface area contributed by atoms with Crippen molar-refractivity contribution in [2.45, 2.75) is 71.3 Å². The third-order valence-electron chi connectivity index (χ3n) is 5.43. The summed E-state index contributed by atoms with van der Waals surface area (Å²) in [7, 11) is 1.67. The maximum atomic E-state index is 11.0. The molecular weight excluding hydrogens is 384 g/mol. The summed E-state index contributed by atoms with van der Waals surface area (Å²) in [6.07, 6.45) is 11.3. The molecule has 164 valence electrons. The fraction of sp³-hybridized carbons (Fsp3) is 0.625. The summed E-state index contributed by atoms with van der Waals surface area (Å²) < 4.78 is 5.37. The lowest BCUT2D eigenvalue weighted by Crippen LogP contribution is -2.31. The Kier molecular flexibility index (Phi) is 12.9. The van der Waals surface area contributed by atoms with Gasteiger partial charge in [0.25, 0.3) is 0 Å². The van der Waals surface area contributed by atoms with Crippen molar-refractivity contribution in [3.8, 4) is 5.75 Å². The van der Waals surface area contributed by atoms with Gasteiger partial charge in [0, 0.05) is 18.1 Å². The number of methoxy groups -OCH3 is 1. The van der Waals surface area contributed by atoms with Gasteiger partial charge in [-0.25, -0.2) is 0 Å². The summed E-state index contributed by atoms with van der Waals surface area (Å²) in [6.45, 7) is 7.30. The van der Waals surface area contributed by atoms with Crippen LogP contribution in [0.5, 0.6) is 5.75 Å². The van der Waals surface area contributed by atoms with Crippen molar-refractivity contribution in [1.29, 1.82) is 0 Å². The zero-order valence-corrected chi connectivity index (χ0v) is 19.2. The van der Waals surface area contributed by atoms with Gasteiger partial charge in [-0.3, -0.25) is 4.98 Å². The predicted molar refractivity (Wildman–Crippen MR) is 125 cm³/mol. The minimum absolute atomic E-state index is 0. The van der Waals surface area contributed by atoms with Crippen LogP contribution in [0.15, 0.2) is 30.5 Å². The third-order valence-corrected chi connectivity index (χ3v) is 5.43. The number of fused-ring (bicyclic) bond motifs is 1. The van der Waals surface area contributed by atoms with E-state index in [0.717, 1.165) is 35.3 Å². The van der Waals surface area contributed by atoms with E-state index in [9.17, 15) is 5.11 Å². The zero-order chi connectivity index (χ0) is 20.2. The standard InChI is InChI=1S/C24H38N2O2.ClH/c1-4-6-8-10-16-26(17-11-9-7-5-2)19-24(27)21-14-15-25-23-13-12-20(28-3)18-22(21)23;/h12-15,18,24,27H,4-11,16-17,19H2,1-3H3;1H. The maximum absolute atomic E-state index is 11.0. The topological polar surface area (TPSA) is 45.6 Å². The molecule has 1 aromatic carbocycles. The van der Waals surface area contributed by atoms with E-state index in [2.05, 4.69) is 23.7 Å². The lowest BCUT2D eigenvalue weighted by Gasteiger charge is -2.26. The van der Waals surface area contributed by atoms with E-state index in [-0.39, 0.29) is 12.4 Å². The Hall–Kier alpha value is -1.36. The molecule has 4 nitrogen and oxygen atoms in total. The molecule has 1 heterocycles. The van der Waals surface area contributed by atoms with E-state index in [1.807, 2.05) is 24.3 Å². The second-order valence-corrected chi connectivity index (χ2v) is 7.72. The zero-order valence-electron chi connectivity index (χ0n) is 18.4. The molecule has 1 unspecified atom stereocenters. The summed E-state index contributed by atoms with van der Waals surface area (Å²) >= 11 is 0. The lowest BCUT2D eigenvalue weighted by molar-refractivity contribution is 0.111. The number of hydrogen-bond acceptors (Lipinski definition) is 4. The predicted octanol–water partition coefficient (Wildman–Crippen LogP) is 6.16. The molecule has 0 bridgehead atoms. The molecule has 0 fully saturated rings. The first-order valence-electron chi connectivity index (χ1n) is 11.0. The number of aliphatic hydroxyl groups excluding tert-OH is 1. The Morgan fingerprint density at radius 2 is 1.62 bits per heavy atom. The normalized spacial score (nSPS) is 12.2. The van der Waals surface area contributed by atoms with E-state index >= 15 is 0 Å². The average Bonchev–Trinajstić information content (AvgIpc) is 2.73. The van der Waals surface area contributed by atoms with Gasteiger partial charge in [0.1, 0.15) is 5.75 Å². The first-order valence-corrected chi connectivity index (χ1v) is 11.0. The number of ether oxygens (including phenoxy) is 1. The van der Waals surface area contributed by atoms with Gasteiger partial charge in [0.2, 0.25) is 0 Å². The van der Waals surface area contributed by atoms with E-state index in [4.69, 9.17) is 4.74 Å². The summed E-state index contributed by atoms with van der Waals surface area (Å²) in [6, 6.07) is 7.80. The quantitative estimate of drug-likeness (QED) is 0.370. The summed E-state index contributed by atoms with van der Waals surface area (Å²) in [5, 5.41) is 12.0. The number of halogens is 1. The Labute approximate surface area is 183 Å². The Bertz CT molecular complexity index is 684. The van der Waals surface area contributed by atoms with Crippen molar-refractivity contribution in [3.05, 3.63) is 36.0 Å². The first kappa shape index (κ1) is 25.7. The van der Waals surface area contributed by atoms with Crippen molar-refractivity contribution in [2.24, 2.45) is 0 Å². The molecule has 2 aromatic rings. The molecule has 1 aromatic heterocycles. The molecule has 0 amide bonds. The molecule has 2 rings (SSSR count).